The van der Waals surface area contributed by atoms with E-state index in [-0.39, 0.29) is 27.4 Å². The Labute approximate surface area is 183 Å². The van der Waals surface area contributed by atoms with Crippen LogP contribution in [0.1, 0.15) is 55.8 Å². The molecule has 6 nitrogen and oxygen atoms in total. The third-order valence-electron chi connectivity index (χ3n) is 5.10. The number of rotatable bonds is 7. The lowest BCUT2D eigenvalue weighted by Crippen LogP contribution is -2.34. The van der Waals surface area contributed by atoms with Gasteiger partial charge >= 0.3 is 0 Å². The maximum atomic E-state index is 12.8. The van der Waals surface area contributed by atoms with E-state index >= 15 is 0 Å². The van der Waals surface area contributed by atoms with Gasteiger partial charge in [-0.15, -0.1) is 0 Å². The van der Waals surface area contributed by atoms with Crippen LogP contribution in [0.4, 0.5) is 5.69 Å². The molecule has 3 rings (SSSR count). The fourth-order valence-corrected chi connectivity index (χ4v) is 4.82. The van der Waals surface area contributed by atoms with Crippen molar-refractivity contribution < 1.29 is 17.9 Å². The number of sulfonamides is 1. The van der Waals surface area contributed by atoms with Gasteiger partial charge < -0.3 is 10.1 Å². The Morgan fingerprint density at radius 3 is 2.37 bits per heavy atom. The van der Waals surface area contributed by atoms with Gasteiger partial charge in [0.15, 0.2) is 0 Å². The first-order valence-corrected chi connectivity index (χ1v) is 12.1. The SMILES string of the molecule is CCOc1ccc(NS(=O)(=O)c2ccc(Cl)c(C(=O)NC3CCCCCC3)c2)cc1. The van der Waals surface area contributed by atoms with Crippen molar-refractivity contribution in [2.45, 2.75) is 56.4 Å². The molecule has 0 heterocycles. The normalized spacial score (nSPS) is 15.3. The third kappa shape index (κ3) is 5.89. The maximum Gasteiger partial charge on any atom is 0.261 e. The fraction of sp³-hybridized carbons (Fsp3) is 0.409. The molecule has 0 atom stereocenters. The van der Waals surface area contributed by atoms with Crippen LogP contribution in [-0.4, -0.2) is 27.0 Å². The summed E-state index contributed by atoms with van der Waals surface area (Å²) in [6, 6.07) is 10.9. The highest BCUT2D eigenvalue weighted by Crippen LogP contribution is 2.25. The van der Waals surface area contributed by atoms with E-state index in [0.29, 0.717) is 18.0 Å². The molecular weight excluding hydrogens is 424 g/mol. The summed E-state index contributed by atoms with van der Waals surface area (Å²) in [4.78, 5) is 12.7. The van der Waals surface area contributed by atoms with Crippen LogP contribution in [0.3, 0.4) is 0 Å². The van der Waals surface area contributed by atoms with E-state index in [4.69, 9.17) is 16.3 Å². The molecule has 0 bridgehead atoms. The molecule has 2 aromatic rings. The Balaban J connectivity index is 1.76. The maximum absolute atomic E-state index is 12.8. The highest BCUT2D eigenvalue weighted by atomic mass is 35.5. The Kier molecular flexibility index (Phi) is 7.61. The number of benzene rings is 2. The molecule has 1 aliphatic rings. The Bertz CT molecular complexity index is 969. The summed E-state index contributed by atoms with van der Waals surface area (Å²) >= 11 is 6.21. The number of anilines is 1. The van der Waals surface area contributed by atoms with Gasteiger partial charge in [0.05, 0.1) is 22.1 Å². The van der Waals surface area contributed by atoms with Crippen molar-refractivity contribution in [1.29, 1.82) is 0 Å². The molecule has 1 saturated carbocycles. The quantitative estimate of drug-likeness (QED) is 0.582. The van der Waals surface area contributed by atoms with Gasteiger partial charge in [0, 0.05) is 11.7 Å². The van der Waals surface area contributed by atoms with E-state index in [1.165, 1.54) is 31.0 Å². The van der Waals surface area contributed by atoms with Crippen LogP contribution in [-0.2, 0) is 10.0 Å². The lowest BCUT2D eigenvalue weighted by Gasteiger charge is -2.17. The van der Waals surface area contributed by atoms with Gasteiger partial charge in [-0.3, -0.25) is 9.52 Å². The molecule has 0 unspecified atom stereocenters. The van der Waals surface area contributed by atoms with Crippen molar-refractivity contribution in [2.75, 3.05) is 11.3 Å². The number of carbonyl (C=O) groups excluding carboxylic acids is 1. The predicted octanol–water partition coefficient (Wildman–Crippen LogP) is 4.99. The van der Waals surface area contributed by atoms with E-state index < -0.39 is 10.0 Å². The summed E-state index contributed by atoms with van der Waals surface area (Å²) in [6.45, 7) is 2.41. The summed E-state index contributed by atoms with van der Waals surface area (Å²) in [7, 11) is -3.88. The highest BCUT2D eigenvalue weighted by molar-refractivity contribution is 7.92. The van der Waals surface area contributed by atoms with Crippen molar-refractivity contribution in [3.63, 3.8) is 0 Å². The summed E-state index contributed by atoms with van der Waals surface area (Å²) in [6.07, 6.45) is 6.38. The number of nitrogens with one attached hydrogen (secondary N) is 2. The van der Waals surface area contributed by atoms with Gasteiger partial charge in [0.1, 0.15) is 5.75 Å². The molecule has 0 saturated heterocycles. The minimum atomic E-state index is -3.88. The van der Waals surface area contributed by atoms with Crippen molar-refractivity contribution in [1.82, 2.24) is 5.32 Å². The molecule has 1 fully saturated rings. The Morgan fingerprint density at radius 1 is 1.07 bits per heavy atom. The fourth-order valence-electron chi connectivity index (χ4n) is 3.53. The van der Waals surface area contributed by atoms with Gasteiger partial charge in [0.2, 0.25) is 0 Å². The molecule has 2 aromatic carbocycles. The van der Waals surface area contributed by atoms with E-state index in [1.54, 1.807) is 24.3 Å². The standard InChI is InChI=1S/C22H27ClN2O4S/c1-2-29-18-11-9-17(10-12-18)25-30(27,28)19-13-14-21(23)20(15-19)22(26)24-16-7-5-3-4-6-8-16/h9-16,25H,2-8H2,1H3,(H,24,26). The lowest BCUT2D eigenvalue weighted by atomic mass is 10.1. The number of hydrogen-bond acceptors (Lipinski definition) is 4. The summed E-state index contributed by atoms with van der Waals surface area (Å²) < 4.78 is 33.5. The van der Waals surface area contributed by atoms with E-state index in [2.05, 4.69) is 10.0 Å². The average Bonchev–Trinajstić information content (AvgIpc) is 2.98. The van der Waals surface area contributed by atoms with Gasteiger partial charge in [-0.1, -0.05) is 37.3 Å². The van der Waals surface area contributed by atoms with Crippen LogP contribution in [0.15, 0.2) is 47.4 Å². The molecular formula is C22H27ClN2O4S. The molecule has 8 heteroatoms. The molecule has 0 spiro atoms. The summed E-state index contributed by atoms with van der Waals surface area (Å²) in [5, 5.41) is 3.23. The average molecular weight is 451 g/mol. The zero-order chi connectivity index (χ0) is 21.6. The third-order valence-corrected chi connectivity index (χ3v) is 6.81. The van der Waals surface area contributed by atoms with Crippen molar-refractivity contribution in [2.24, 2.45) is 0 Å². The number of halogens is 1. The van der Waals surface area contributed by atoms with Gasteiger partial charge in [0.25, 0.3) is 15.9 Å². The lowest BCUT2D eigenvalue weighted by molar-refractivity contribution is 0.0933. The van der Waals surface area contributed by atoms with Crippen LogP contribution in [0.5, 0.6) is 5.75 Å². The zero-order valence-corrected chi connectivity index (χ0v) is 18.6. The molecule has 2 N–H and O–H groups in total. The highest BCUT2D eigenvalue weighted by Gasteiger charge is 2.21. The largest absolute Gasteiger partial charge is 0.494 e. The van der Waals surface area contributed by atoms with Crippen LogP contribution < -0.4 is 14.8 Å². The number of carbonyl (C=O) groups is 1. The molecule has 0 radical (unpaired) electrons. The minimum absolute atomic E-state index is 0.0215. The molecule has 1 aliphatic carbocycles. The zero-order valence-electron chi connectivity index (χ0n) is 17.0. The second kappa shape index (κ2) is 10.2. The van der Waals surface area contributed by atoms with Crippen LogP contribution in [0, 0.1) is 0 Å². The molecule has 162 valence electrons. The molecule has 0 aromatic heterocycles. The van der Waals surface area contributed by atoms with Crippen LogP contribution >= 0.6 is 11.6 Å². The number of hydrogen-bond donors (Lipinski definition) is 2. The molecule has 0 aliphatic heterocycles. The second-order valence-electron chi connectivity index (χ2n) is 7.37. The monoisotopic (exact) mass is 450 g/mol. The van der Waals surface area contributed by atoms with Crippen molar-refractivity contribution in [3.8, 4) is 5.75 Å². The van der Waals surface area contributed by atoms with Gasteiger partial charge in [-0.05, 0) is 62.2 Å². The Morgan fingerprint density at radius 2 is 1.73 bits per heavy atom. The first kappa shape index (κ1) is 22.4. The predicted molar refractivity (Wildman–Crippen MR) is 119 cm³/mol. The van der Waals surface area contributed by atoms with E-state index in [9.17, 15) is 13.2 Å². The first-order chi connectivity index (χ1) is 14.4. The topological polar surface area (TPSA) is 84.5 Å². The second-order valence-corrected chi connectivity index (χ2v) is 9.46. The van der Waals surface area contributed by atoms with Crippen LogP contribution in [0.2, 0.25) is 5.02 Å². The summed E-state index contributed by atoms with van der Waals surface area (Å²) in [5.74, 6) is 0.314. The molecule has 1 amide bonds. The van der Waals surface area contributed by atoms with Gasteiger partial charge in [-0.25, -0.2) is 8.42 Å². The van der Waals surface area contributed by atoms with Crippen molar-refractivity contribution >= 4 is 33.2 Å². The van der Waals surface area contributed by atoms with Crippen LogP contribution in [0.25, 0.3) is 0 Å². The van der Waals surface area contributed by atoms with E-state index in [0.717, 1.165) is 25.7 Å². The van der Waals surface area contributed by atoms with Gasteiger partial charge in [-0.2, -0.15) is 0 Å². The smallest absolute Gasteiger partial charge is 0.261 e. The van der Waals surface area contributed by atoms with E-state index in [1.807, 2.05) is 6.92 Å². The number of amides is 1. The molecule has 30 heavy (non-hydrogen) atoms. The summed E-state index contributed by atoms with van der Waals surface area (Å²) in [5.41, 5.74) is 0.563. The van der Waals surface area contributed by atoms with Crippen molar-refractivity contribution in [3.05, 3.63) is 53.1 Å². The minimum Gasteiger partial charge on any atom is -0.494 e. The first-order valence-electron chi connectivity index (χ1n) is 10.2. The Hall–Kier alpha value is -2.25. The number of ether oxygens (including phenoxy) is 1.